The standard InChI is InChI=1S/C11H13N3O4/c1-8(2)12-13-11(15)7-18-10-5-3-9(4-6-10)14(16)17/h3-6H,7H2,1-2H3,(H,13,15). The number of nitro benzene ring substituents is 1. The van der Waals surface area contributed by atoms with Gasteiger partial charge in [0, 0.05) is 17.8 Å². The van der Waals surface area contributed by atoms with E-state index >= 15 is 0 Å². The summed E-state index contributed by atoms with van der Waals surface area (Å²) in [5.74, 6) is -0.0116. The number of amides is 1. The summed E-state index contributed by atoms with van der Waals surface area (Å²) in [6, 6.07) is 5.47. The SMILES string of the molecule is CC(C)=NNC(=O)COc1ccc([N+](=O)[O-])cc1. The van der Waals surface area contributed by atoms with Gasteiger partial charge in [0.2, 0.25) is 0 Å². The fourth-order valence-electron chi connectivity index (χ4n) is 1.02. The molecule has 0 saturated carbocycles. The largest absolute Gasteiger partial charge is 0.484 e. The van der Waals surface area contributed by atoms with Crippen LogP contribution in [0, 0.1) is 10.1 Å². The van der Waals surface area contributed by atoms with Gasteiger partial charge in [0.25, 0.3) is 11.6 Å². The number of carbonyl (C=O) groups is 1. The first-order valence-electron chi connectivity index (χ1n) is 5.16. The highest BCUT2D eigenvalue weighted by atomic mass is 16.6. The Morgan fingerprint density at radius 2 is 2.00 bits per heavy atom. The van der Waals surface area contributed by atoms with Gasteiger partial charge in [0.05, 0.1) is 4.92 Å². The van der Waals surface area contributed by atoms with Crippen molar-refractivity contribution in [3.63, 3.8) is 0 Å². The van der Waals surface area contributed by atoms with Crippen molar-refractivity contribution in [1.82, 2.24) is 5.43 Å². The Hall–Kier alpha value is -2.44. The Labute approximate surface area is 104 Å². The topological polar surface area (TPSA) is 93.8 Å². The molecule has 0 fully saturated rings. The van der Waals surface area contributed by atoms with E-state index in [1.165, 1.54) is 24.3 Å². The molecule has 7 heteroatoms. The van der Waals surface area contributed by atoms with Crippen LogP contribution in [0.3, 0.4) is 0 Å². The average Bonchev–Trinajstić information content (AvgIpc) is 2.34. The molecule has 0 radical (unpaired) electrons. The van der Waals surface area contributed by atoms with Crippen molar-refractivity contribution in [2.75, 3.05) is 6.61 Å². The van der Waals surface area contributed by atoms with Crippen LogP contribution >= 0.6 is 0 Å². The minimum atomic E-state index is -0.505. The van der Waals surface area contributed by atoms with Crippen LogP contribution in [0.2, 0.25) is 0 Å². The number of nitro groups is 1. The normalized spacial score (nSPS) is 9.44. The first-order valence-corrected chi connectivity index (χ1v) is 5.16. The van der Waals surface area contributed by atoms with Gasteiger partial charge >= 0.3 is 0 Å². The van der Waals surface area contributed by atoms with Crippen molar-refractivity contribution in [2.24, 2.45) is 5.10 Å². The van der Waals surface area contributed by atoms with E-state index in [9.17, 15) is 14.9 Å². The number of non-ortho nitro benzene ring substituents is 1. The molecule has 0 atom stereocenters. The molecule has 0 aromatic heterocycles. The zero-order chi connectivity index (χ0) is 13.5. The Kier molecular flexibility index (Phi) is 4.79. The molecule has 0 aliphatic rings. The summed E-state index contributed by atoms with van der Waals surface area (Å²) in [6.07, 6.45) is 0. The number of hydrogen-bond acceptors (Lipinski definition) is 5. The molecule has 96 valence electrons. The Morgan fingerprint density at radius 3 is 2.50 bits per heavy atom. The van der Waals surface area contributed by atoms with Gasteiger partial charge in [-0.2, -0.15) is 5.10 Å². The van der Waals surface area contributed by atoms with Gasteiger partial charge in [0.1, 0.15) is 5.75 Å². The molecular formula is C11H13N3O4. The van der Waals surface area contributed by atoms with Gasteiger partial charge < -0.3 is 4.74 Å². The molecule has 0 unspecified atom stereocenters. The van der Waals surface area contributed by atoms with Crippen molar-refractivity contribution in [2.45, 2.75) is 13.8 Å². The van der Waals surface area contributed by atoms with E-state index in [4.69, 9.17) is 4.74 Å². The first kappa shape index (κ1) is 13.6. The average molecular weight is 251 g/mol. The summed E-state index contributed by atoms with van der Waals surface area (Å²) < 4.78 is 5.13. The fourth-order valence-corrected chi connectivity index (χ4v) is 1.02. The first-order chi connectivity index (χ1) is 8.49. The van der Waals surface area contributed by atoms with E-state index < -0.39 is 10.8 Å². The highest BCUT2D eigenvalue weighted by Crippen LogP contribution is 2.16. The summed E-state index contributed by atoms with van der Waals surface area (Å²) in [5.41, 5.74) is 2.99. The van der Waals surface area contributed by atoms with Crippen LogP contribution in [-0.4, -0.2) is 23.1 Å². The molecule has 1 aromatic carbocycles. The predicted molar refractivity (Wildman–Crippen MR) is 65.5 cm³/mol. The lowest BCUT2D eigenvalue weighted by atomic mass is 10.3. The maximum absolute atomic E-state index is 11.2. The highest BCUT2D eigenvalue weighted by molar-refractivity contribution is 5.83. The molecule has 0 aliphatic heterocycles. The van der Waals surface area contributed by atoms with Gasteiger partial charge in [-0.05, 0) is 26.0 Å². The maximum Gasteiger partial charge on any atom is 0.277 e. The summed E-state index contributed by atoms with van der Waals surface area (Å²) in [4.78, 5) is 21.2. The molecule has 0 bridgehead atoms. The summed E-state index contributed by atoms with van der Waals surface area (Å²) in [7, 11) is 0. The lowest BCUT2D eigenvalue weighted by molar-refractivity contribution is -0.384. The third-order valence-electron chi connectivity index (χ3n) is 1.82. The minimum Gasteiger partial charge on any atom is -0.484 e. The second-order valence-electron chi connectivity index (χ2n) is 3.63. The Morgan fingerprint density at radius 1 is 1.39 bits per heavy atom. The van der Waals surface area contributed by atoms with Gasteiger partial charge in [-0.1, -0.05) is 0 Å². The summed E-state index contributed by atoms with van der Waals surface area (Å²) in [6.45, 7) is 3.30. The highest BCUT2D eigenvalue weighted by Gasteiger charge is 2.05. The van der Waals surface area contributed by atoms with Crippen molar-refractivity contribution in [3.05, 3.63) is 34.4 Å². The second-order valence-corrected chi connectivity index (χ2v) is 3.63. The van der Waals surface area contributed by atoms with Crippen molar-refractivity contribution >= 4 is 17.3 Å². The number of carbonyl (C=O) groups excluding carboxylic acids is 1. The van der Waals surface area contributed by atoms with Crippen LogP contribution in [0.5, 0.6) is 5.75 Å². The van der Waals surface area contributed by atoms with E-state index in [-0.39, 0.29) is 12.3 Å². The fraction of sp³-hybridized carbons (Fsp3) is 0.273. The third kappa shape index (κ3) is 4.60. The number of nitrogens with zero attached hydrogens (tertiary/aromatic N) is 2. The quantitative estimate of drug-likeness (QED) is 0.487. The number of nitrogens with one attached hydrogen (secondary N) is 1. The van der Waals surface area contributed by atoms with Crippen LogP contribution in [0.4, 0.5) is 5.69 Å². The van der Waals surface area contributed by atoms with Crippen molar-refractivity contribution < 1.29 is 14.5 Å². The molecule has 18 heavy (non-hydrogen) atoms. The molecule has 7 nitrogen and oxygen atoms in total. The van der Waals surface area contributed by atoms with E-state index in [2.05, 4.69) is 10.5 Å². The monoisotopic (exact) mass is 251 g/mol. The maximum atomic E-state index is 11.2. The van der Waals surface area contributed by atoms with Crippen LogP contribution < -0.4 is 10.2 Å². The van der Waals surface area contributed by atoms with Crippen LogP contribution in [0.1, 0.15) is 13.8 Å². The number of hydrogen-bond donors (Lipinski definition) is 1. The van der Waals surface area contributed by atoms with Crippen LogP contribution in [0.25, 0.3) is 0 Å². The summed E-state index contributed by atoms with van der Waals surface area (Å²) >= 11 is 0. The van der Waals surface area contributed by atoms with Crippen molar-refractivity contribution in [1.29, 1.82) is 0 Å². The van der Waals surface area contributed by atoms with E-state index in [0.717, 1.165) is 5.71 Å². The zero-order valence-electron chi connectivity index (χ0n) is 10.0. The van der Waals surface area contributed by atoms with E-state index in [0.29, 0.717) is 5.75 Å². The molecule has 1 rings (SSSR count). The molecule has 0 heterocycles. The van der Waals surface area contributed by atoms with Crippen molar-refractivity contribution in [3.8, 4) is 5.75 Å². The number of hydrazone groups is 1. The van der Waals surface area contributed by atoms with Gasteiger partial charge in [-0.25, -0.2) is 5.43 Å². The predicted octanol–water partition coefficient (Wildman–Crippen LogP) is 1.49. The lowest BCUT2D eigenvalue weighted by Gasteiger charge is -2.04. The number of benzene rings is 1. The molecule has 1 amide bonds. The Bertz CT molecular complexity index is 464. The molecule has 0 aliphatic carbocycles. The lowest BCUT2D eigenvalue weighted by Crippen LogP contribution is -2.25. The number of rotatable bonds is 5. The van der Waals surface area contributed by atoms with E-state index in [1.54, 1.807) is 13.8 Å². The van der Waals surface area contributed by atoms with Gasteiger partial charge in [-0.3, -0.25) is 14.9 Å². The van der Waals surface area contributed by atoms with Crippen LogP contribution in [-0.2, 0) is 4.79 Å². The smallest absolute Gasteiger partial charge is 0.277 e. The second kappa shape index (κ2) is 6.33. The molecule has 0 spiro atoms. The Balaban J connectivity index is 2.46. The summed E-state index contributed by atoms with van der Waals surface area (Å²) in [5, 5.41) is 14.1. The third-order valence-corrected chi connectivity index (χ3v) is 1.82. The molecule has 1 aromatic rings. The molecule has 0 saturated heterocycles. The van der Waals surface area contributed by atoms with Gasteiger partial charge in [0.15, 0.2) is 6.61 Å². The zero-order valence-corrected chi connectivity index (χ0v) is 10.0. The van der Waals surface area contributed by atoms with E-state index in [1.807, 2.05) is 0 Å². The minimum absolute atomic E-state index is 0.0296. The molecule has 1 N–H and O–H groups in total. The molecular weight excluding hydrogens is 238 g/mol. The van der Waals surface area contributed by atoms with Gasteiger partial charge in [-0.15, -0.1) is 0 Å². The number of ether oxygens (including phenoxy) is 1. The van der Waals surface area contributed by atoms with Crippen LogP contribution in [0.15, 0.2) is 29.4 Å².